The molecule has 650 valence electrons. The topological polar surface area (TPSA) is 433 Å². The number of sulfonamides is 1. The molecule has 0 spiro atoms. The average molecular weight is 1680 g/mol. The fraction of sp³-hybridized carbons (Fsp3) is 0.540. The predicted octanol–water partition coefficient (Wildman–Crippen LogP) is 10.5. The van der Waals surface area contributed by atoms with E-state index < -0.39 is 174 Å². The number of carbonyl (C=O) groups excluding carboxylic acids is 8. The highest BCUT2D eigenvalue weighted by atomic mass is 32.2. The number of aliphatic hydroxyl groups is 1. The van der Waals surface area contributed by atoms with Gasteiger partial charge >= 0.3 is 30.2 Å². The number of aryl methyl sites for hydroxylation is 2. The van der Waals surface area contributed by atoms with Crippen molar-refractivity contribution in [1.82, 2.24) is 60.6 Å². The van der Waals surface area contributed by atoms with Gasteiger partial charge in [-0.15, -0.1) is 6.58 Å². The SMILES string of the molecule is C=C[C@@H]1C[C@]1(NC(=O)[C@@H]1C[C@@H](Oc2cc(-c3ccccc3)nc3nc(C)ccc23)CN1C(=O)[C@@H](NC(=O)OC(C)(C)C)C(C)(C)C)C(=O)NS(=O)(=O)C1CC1.CC(C)(C)OC(=O)N[C@H](C(=O)N1C[C@H](O)C[C@H]1C(=O)O)C(C)(C)C.Cc1ccc2c(O[C@@H]3C[C@@H](C(=O)O)N(C(=O)[C@@H](NC(=O)OC(C)(C)C)C(C)(C)C)C3)cc(-c3ccccc3)nc2n1. The summed E-state index contributed by atoms with van der Waals surface area (Å²) in [7, 11) is -3.91. The molecule has 32 nitrogen and oxygen atoms in total. The fourth-order valence-electron chi connectivity index (χ4n) is 14.2. The number of pyridine rings is 4. The molecule has 5 fully saturated rings. The number of aromatic nitrogens is 4. The second kappa shape index (κ2) is 36.1. The molecule has 2 saturated carbocycles. The summed E-state index contributed by atoms with van der Waals surface area (Å²) < 4.78 is 56.8. The van der Waals surface area contributed by atoms with Gasteiger partial charge in [0.25, 0.3) is 5.91 Å². The van der Waals surface area contributed by atoms with Crippen LogP contribution in [-0.4, -0.2) is 220 Å². The molecule has 0 radical (unpaired) electrons. The maximum Gasteiger partial charge on any atom is 0.408 e. The summed E-state index contributed by atoms with van der Waals surface area (Å²) in [4.78, 5) is 153. The van der Waals surface area contributed by atoms with Gasteiger partial charge in [0.2, 0.25) is 33.7 Å². The van der Waals surface area contributed by atoms with E-state index >= 15 is 0 Å². The third-order valence-electron chi connectivity index (χ3n) is 20.4. The van der Waals surface area contributed by atoms with Crippen molar-refractivity contribution in [2.45, 2.75) is 259 Å². The van der Waals surface area contributed by atoms with Crippen LogP contribution in [0.1, 0.15) is 175 Å². The van der Waals surface area contributed by atoms with Gasteiger partial charge in [0.05, 0.1) is 46.6 Å². The maximum absolute atomic E-state index is 14.6. The normalized spacial score (nSPS) is 21.3. The Morgan fingerprint density at radius 2 is 0.867 bits per heavy atom. The second-order valence-corrected chi connectivity index (χ2v) is 39.4. The number of aliphatic hydroxyl groups excluding tert-OH is 1. The van der Waals surface area contributed by atoms with E-state index in [9.17, 15) is 71.7 Å². The summed E-state index contributed by atoms with van der Waals surface area (Å²) >= 11 is 0. The summed E-state index contributed by atoms with van der Waals surface area (Å²) in [6, 6.07) is 23.7. The second-order valence-electron chi connectivity index (χ2n) is 37.4. The first-order chi connectivity index (χ1) is 55.5. The Morgan fingerprint density at radius 3 is 1.21 bits per heavy atom. The van der Waals surface area contributed by atoms with Gasteiger partial charge in [-0.1, -0.05) is 129 Å². The zero-order chi connectivity index (χ0) is 89.1. The molecule has 3 aliphatic heterocycles. The molecule has 0 unspecified atom stereocenters. The fourth-order valence-corrected chi connectivity index (χ4v) is 15.5. The average Bonchev–Trinajstić information content (AvgIpc) is 1.57. The first-order valence-corrected chi connectivity index (χ1v) is 41.6. The number of likely N-dealkylation sites (tertiary alicyclic amines) is 3. The molecule has 8 N–H and O–H groups in total. The van der Waals surface area contributed by atoms with Crippen molar-refractivity contribution in [3.05, 3.63) is 121 Å². The molecule has 5 aliphatic rings. The van der Waals surface area contributed by atoms with Crippen LogP contribution < -0.4 is 35.5 Å². The van der Waals surface area contributed by atoms with E-state index in [1.165, 1.54) is 15.9 Å². The van der Waals surface area contributed by atoms with Gasteiger partial charge in [0.15, 0.2) is 11.3 Å². The van der Waals surface area contributed by atoms with Gasteiger partial charge in [-0.2, -0.15) is 0 Å². The third-order valence-corrected chi connectivity index (χ3v) is 22.2. The lowest BCUT2D eigenvalue weighted by Crippen LogP contribution is -2.60. The van der Waals surface area contributed by atoms with Gasteiger partial charge in [-0.25, -0.2) is 52.3 Å². The van der Waals surface area contributed by atoms with Crippen molar-refractivity contribution in [2.24, 2.45) is 22.2 Å². The van der Waals surface area contributed by atoms with Gasteiger partial charge in [-0.05, 0) is 136 Å². The molecule has 0 bridgehead atoms. The van der Waals surface area contributed by atoms with Crippen LogP contribution in [0.15, 0.2) is 110 Å². The Bertz CT molecular complexity index is 4970. The summed E-state index contributed by atoms with van der Waals surface area (Å²) in [6.45, 7) is 38.9. The van der Waals surface area contributed by atoms with Crippen LogP contribution in [0.4, 0.5) is 14.4 Å². The molecule has 4 aromatic heterocycles. The van der Waals surface area contributed by atoms with Gasteiger partial charge in [0, 0.05) is 66.4 Å². The van der Waals surface area contributed by atoms with Crippen LogP contribution in [0.5, 0.6) is 11.5 Å². The molecule has 33 heteroatoms. The predicted molar refractivity (Wildman–Crippen MR) is 447 cm³/mol. The van der Waals surface area contributed by atoms with Crippen molar-refractivity contribution < 1.29 is 95.4 Å². The van der Waals surface area contributed by atoms with E-state index in [2.05, 4.69) is 42.5 Å². The first-order valence-electron chi connectivity index (χ1n) is 40.1. The lowest BCUT2D eigenvalue weighted by Gasteiger charge is -2.36. The van der Waals surface area contributed by atoms with Crippen molar-refractivity contribution in [2.75, 3.05) is 19.6 Å². The number of rotatable bonds is 20. The number of nitrogens with zero attached hydrogens (tertiary/aromatic N) is 7. The molecule has 2 aromatic carbocycles. The van der Waals surface area contributed by atoms with Crippen molar-refractivity contribution >= 4 is 91.8 Å². The minimum atomic E-state index is -3.91. The highest BCUT2D eigenvalue weighted by molar-refractivity contribution is 7.91. The van der Waals surface area contributed by atoms with E-state index in [4.69, 9.17) is 33.7 Å². The molecule has 11 atom stereocenters. The summed E-state index contributed by atoms with van der Waals surface area (Å²) in [5, 5.41) is 40.4. The minimum Gasteiger partial charge on any atom is -0.488 e. The summed E-state index contributed by atoms with van der Waals surface area (Å²) in [6.07, 6.45) is -1.91. The van der Waals surface area contributed by atoms with Crippen LogP contribution in [-0.2, 0) is 57.8 Å². The minimum absolute atomic E-state index is 0.0154. The number of nitrogens with one attached hydrogen (secondary N) is 5. The number of aliphatic carboxylic acids is 2. The molecule has 2 aliphatic carbocycles. The van der Waals surface area contributed by atoms with Crippen LogP contribution in [0.25, 0.3) is 44.6 Å². The van der Waals surface area contributed by atoms with E-state index in [0.29, 0.717) is 57.8 Å². The summed E-state index contributed by atoms with van der Waals surface area (Å²) in [5.74, 6) is -5.03. The Kier molecular flexibility index (Phi) is 27.9. The Labute approximate surface area is 700 Å². The lowest BCUT2D eigenvalue weighted by molar-refractivity contribution is -0.150. The van der Waals surface area contributed by atoms with E-state index in [1.807, 2.05) is 105 Å². The van der Waals surface area contributed by atoms with Gasteiger partial charge in [0.1, 0.15) is 82.3 Å². The highest BCUT2D eigenvalue weighted by Gasteiger charge is 2.62. The van der Waals surface area contributed by atoms with E-state index in [0.717, 1.165) is 27.4 Å². The molecular formula is C87H116N12O20S. The smallest absolute Gasteiger partial charge is 0.408 e. The van der Waals surface area contributed by atoms with Crippen molar-refractivity contribution in [1.29, 1.82) is 0 Å². The van der Waals surface area contributed by atoms with E-state index in [-0.39, 0.29) is 45.3 Å². The molecule has 8 amide bonds. The number of fused-ring (bicyclic) bond motifs is 2. The van der Waals surface area contributed by atoms with Crippen molar-refractivity contribution in [3.8, 4) is 34.0 Å². The number of hydrogen-bond acceptors (Lipinski definition) is 22. The lowest BCUT2D eigenvalue weighted by atomic mass is 9.85. The maximum atomic E-state index is 14.6. The number of alkyl carbamates (subject to hydrolysis) is 3. The number of amides is 8. The summed E-state index contributed by atoms with van der Waals surface area (Å²) in [5.41, 5.74) is -0.540. The van der Waals surface area contributed by atoms with Gasteiger partial charge in [-0.3, -0.25) is 28.7 Å². The number of carboxylic acids is 2. The molecule has 120 heavy (non-hydrogen) atoms. The number of hydrogen-bond donors (Lipinski definition) is 8. The Hall–Kier alpha value is -11.1. The van der Waals surface area contributed by atoms with Crippen LogP contribution >= 0.6 is 0 Å². The number of benzene rings is 2. The first kappa shape index (κ1) is 92.8. The van der Waals surface area contributed by atoms with Gasteiger partial charge < -0.3 is 75.0 Å². The molecular weight excluding hydrogens is 1570 g/mol. The number of ether oxygens (including phenoxy) is 5. The number of β-amino-alcohol motifs (C(OH)–C–C–N with tert-alkyl or cyclic N) is 1. The number of carbonyl (C=O) groups is 10. The molecule has 3 saturated heterocycles. The highest BCUT2D eigenvalue weighted by Crippen LogP contribution is 2.46. The van der Waals surface area contributed by atoms with Crippen molar-refractivity contribution in [3.63, 3.8) is 0 Å². The molecule has 6 aromatic rings. The Balaban J connectivity index is 0.000000221. The van der Waals surface area contributed by atoms with E-state index in [1.54, 1.807) is 131 Å². The molecule has 11 rings (SSSR count). The zero-order valence-corrected chi connectivity index (χ0v) is 72.9. The zero-order valence-electron chi connectivity index (χ0n) is 72.1. The van der Waals surface area contributed by atoms with Crippen LogP contribution in [0.3, 0.4) is 0 Å². The molecule has 7 heterocycles. The standard InChI is InChI=1S/C40H50N6O8S.C31H38N4O6.C16H28N2O6/c1-9-25-21-40(25,36(49)45-55(51,52)27-16-17-27)44-34(47)30-19-26(22-46(30)35(48)32(38(3,4)5)43-37(50)54-39(6,7)8)53-31-20-29(24-13-11-10-12-14-24)42-33-28(31)18-15-23(2)41-33;1-18-13-14-21-24(16-22(33-26(21)32-18)19-11-9-8-10-12-19)40-20-15-23(28(37)38)35(17-20)27(36)25(30(2,3)4)34-29(39)41-31(5,6)7;1-15(2,3)11(17-14(23)24-16(4,5)6)12(20)18-8-9(19)7-10(18)13(21)22/h9-15,18,20,25-27,30,32H,1,16-17,19,21-22H2,2-8H3,(H,43,50)(H,44,47)(H,45,49);8-14,16,20,23,25H,15,17H2,1-7H3,(H,34,39)(H,37,38);9-11,19H,7-8H2,1-6H3,(H,17,23)(H,21,22)/t25-,26-,30+,32-,40-;20-,23+,25-;9-,10+,11-/m111/s1. The van der Waals surface area contributed by atoms with Crippen LogP contribution in [0.2, 0.25) is 0 Å². The monoisotopic (exact) mass is 1680 g/mol. The quantitative estimate of drug-likeness (QED) is 0.0260. The number of carboxylic acid groups (broad SMARTS) is 2. The van der Waals surface area contributed by atoms with Crippen LogP contribution in [0, 0.1) is 36.0 Å². The Morgan fingerprint density at radius 1 is 0.508 bits per heavy atom. The third kappa shape index (κ3) is 23.9. The largest absolute Gasteiger partial charge is 0.488 e.